The highest BCUT2D eigenvalue weighted by Crippen LogP contribution is 2.23. The van der Waals surface area contributed by atoms with Crippen LogP contribution >= 0.6 is 0 Å². The molecule has 4 aromatic rings. The van der Waals surface area contributed by atoms with E-state index in [1.807, 2.05) is 0 Å². The molecule has 0 spiro atoms. The Morgan fingerprint density at radius 3 is 2.17 bits per heavy atom. The second-order valence-corrected chi connectivity index (χ2v) is 6.25. The normalized spacial score (nSPS) is 10.9. The number of fused-ring (bicyclic) bond motifs is 1. The molecule has 0 bridgehead atoms. The van der Waals surface area contributed by atoms with E-state index < -0.39 is 0 Å². The maximum absolute atomic E-state index is 2.26. The van der Waals surface area contributed by atoms with Crippen LogP contribution < -0.4 is 4.57 Å². The smallest absolute Gasteiger partial charge is 0.174 e. The first-order valence-electron chi connectivity index (χ1n) is 8.32. The van der Waals surface area contributed by atoms with Crippen molar-refractivity contribution in [2.45, 2.75) is 13.5 Å². The molecular weight excluding hydrogens is 290 g/mol. The Bertz CT molecular complexity index is 984. The molecule has 0 amide bonds. The van der Waals surface area contributed by atoms with Crippen molar-refractivity contribution >= 4 is 10.8 Å². The Hall–Kier alpha value is -2.93. The summed E-state index contributed by atoms with van der Waals surface area (Å²) < 4.78 is 2.23. The quantitative estimate of drug-likeness (QED) is 0.461. The van der Waals surface area contributed by atoms with Crippen LogP contribution in [0.2, 0.25) is 0 Å². The van der Waals surface area contributed by atoms with E-state index in [1.54, 1.807) is 0 Å². The molecule has 0 fully saturated rings. The highest BCUT2D eigenvalue weighted by Gasteiger charge is 2.06. The Morgan fingerprint density at radius 1 is 0.667 bits per heavy atom. The lowest BCUT2D eigenvalue weighted by atomic mass is 10.0. The average molecular weight is 310 g/mol. The molecule has 0 aliphatic rings. The van der Waals surface area contributed by atoms with Crippen molar-refractivity contribution in [1.29, 1.82) is 0 Å². The molecule has 3 aromatic carbocycles. The molecule has 0 unspecified atom stereocenters. The third-order valence-corrected chi connectivity index (χ3v) is 4.59. The minimum Gasteiger partial charge on any atom is -0.201 e. The van der Waals surface area contributed by atoms with Crippen molar-refractivity contribution in [2.75, 3.05) is 0 Å². The maximum atomic E-state index is 2.26. The number of benzene rings is 3. The summed E-state index contributed by atoms with van der Waals surface area (Å²) in [5.74, 6) is 0. The number of rotatable bonds is 3. The number of pyridine rings is 1. The predicted octanol–water partition coefficient (Wildman–Crippen LogP) is 5.15. The van der Waals surface area contributed by atoms with E-state index in [0.717, 1.165) is 6.54 Å². The van der Waals surface area contributed by atoms with Crippen molar-refractivity contribution in [1.82, 2.24) is 0 Å². The topological polar surface area (TPSA) is 3.88 Å². The molecule has 0 N–H and O–H groups in total. The van der Waals surface area contributed by atoms with Gasteiger partial charge in [0.15, 0.2) is 18.9 Å². The molecule has 1 nitrogen and oxygen atoms in total. The van der Waals surface area contributed by atoms with E-state index in [4.69, 9.17) is 0 Å². The molecule has 0 aliphatic carbocycles. The summed E-state index contributed by atoms with van der Waals surface area (Å²) in [7, 11) is 0. The summed E-state index contributed by atoms with van der Waals surface area (Å²) in [6.07, 6.45) is 4.33. The molecule has 0 saturated carbocycles. The lowest BCUT2D eigenvalue weighted by Gasteiger charge is -2.05. The fourth-order valence-electron chi connectivity index (χ4n) is 3.11. The van der Waals surface area contributed by atoms with E-state index in [0.29, 0.717) is 0 Å². The van der Waals surface area contributed by atoms with Crippen molar-refractivity contribution in [3.63, 3.8) is 0 Å². The SMILES string of the molecule is Cc1ccccc1C[n+]1ccc(-c2ccc3ccccc3c2)cc1. The highest BCUT2D eigenvalue weighted by molar-refractivity contribution is 5.87. The van der Waals surface area contributed by atoms with Crippen molar-refractivity contribution in [2.24, 2.45) is 0 Å². The molecule has 0 radical (unpaired) electrons. The Labute approximate surface area is 142 Å². The number of aryl methyl sites for hydroxylation is 1. The summed E-state index contributed by atoms with van der Waals surface area (Å²) >= 11 is 0. The summed E-state index contributed by atoms with van der Waals surface area (Å²) in [6.45, 7) is 3.07. The van der Waals surface area contributed by atoms with Gasteiger partial charge in [-0.15, -0.1) is 0 Å². The van der Waals surface area contributed by atoms with Crippen molar-refractivity contribution < 1.29 is 4.57 Å². The summed E-state index contributed by atoms with van der Waals surface area (Å²) in [5, 5.41) is 2.57. The van der Waals surface area contributed by atoms with Crippen LogP contribution in [0.1, 0.15) is 11.1 Å². The molecule has 0 saturated heterocycles. The van der Waals surface area contributed by atoms with Crippen LogP contribution in [0.5, 0.6) is 0 Å². The molecule has 4 rings (SSSR count). The van der Waals surface area contributed by atoms with Gasteiger partial charge in [0.1, 0.15) is 0 Å². The predicted molar refractivity (Wildman–Crippen MR) is 99.9 cm³/mol. The molecule has 1 aromatic heterocycles. The van der Waals surface area contributed by atoms with E-state index in [-0.39, 0.29) is 0 Å². The van der Waals surface area contributed by atoms with Crippen LogP contribution in [0.15, 0.2) is 91.3 Å². The number of hydrogen-bond acceptors (Lipinski definition) is 0. The lowest BCUT2D eigenvalue weighted by Crippen LogP contribution is -2.33. The molecule has 1 heterocycles. The van der Waals surface area contributed by atoms with Gasteiger partial charge in [0.25, 0.3) is 0 Å². The Morgan fingerprint density at radius 2 is 1.38 bits per heavy atom. The third kappa shape index (κ3) is 2.93. The van der Waals surface area contributed by atoms with Gasteiger partial charge in [0.05, 0.1) is 0 Å². The van der Waals surface area contributed by atoms with Crippen LogP contribution in [-0.4, -0.2) is 0 Å². The van der Waals surface area contributed by atoms with E-state index >= 15 is 0 Å². The van der Waals surface area contributed by atoms with Gasteiger partial charge < -0.3 is 0 Å². The third-order valence-electron chi connectivity index (χ3n) is 4.59. The largest absolute Gasteiger partial charge is 0.201 e. The fourth-order valence-corrected chi connectivity index (χ4v) is 3.11. The minimum absolute atomic E-state index is 0.907. The van der Waals surface area contributed by atoms with E-state index in [2.05, 4.69) is 103 Å². The summed E-state index contributed by atoms with van der Waals surface area (Å²) in [6, 6.07) is 28.1. The van der Waals surface area contributed by atoms with Gasteiger partial charge in [-0.2, -0.15) is 0 Å². The molecular formula is C23H20N+. The van der Waals surface area contributed by atoms with Crippen LogP contribution in [0.25, 0.3) is 21.9 Å². The van der Waals surface area contributed by atoms with E-state index in [9.17, 15) is 0 Å². The first-order chi connectivity index (χ1) is 11.8. The summed E-state index contributed by atoms with van der Waals surface area (Å²) in [5.41, 5.74) is 5.21. The zero-order valence-electron chi connectivity index (χ0n) is 13.8. The van der Waals surface area contributed by atoms with Crippen LogP contribution in [0.3, 0.4) is 0 Å². The fraction of sp³-hybridized carbons (Fsp3) is 0.0870. The first-order valence-corrected chi connectivity index (χ1v) is 8.32. The Balaban J connectivity index is 1.62. The van der Waals surface area contributed by atoms with Crippen LogP contribution in [-0.2, 0) is 6.54 Å². The first kappa shape index (κ1) is 14.6. The molecule has 0 atom stereocenters. The van der Waals surface area contributed by atoms with Crippen LogP contribution in [0, 0.1) is 6.92 Å². The van der Waals surface area contributed by atoms with Gasteiger partial charge in [-0.25, -0.2) is 4.57 Å². The average Bonchev–Trinajstić information content (AvgIpc) is 2.64. The second kappa shape index (κ2) is 6.29. The number of aromatic nitrogens is 1. The lowest BCUT2D eigenvalue weighted by molar-refractivity contribution is -0.688. The maximum Gasteiger partial charge on any atom is 0.174 e. The summed E-state index contributed by atoms with van der Waals surface area (Å²) in [4.78, 5) is 0. The zero-order valence-corrected chi connectivity index (χ0v) is 13.8. The van der Waals surface area contributed by atoms with Gasteiger partial charge in [0, 0.05) is 17.7 Å². The minimum atomic E-state index is 0.907. The standard InChI is InChI=1S/C23H20N/c1-18-6-2-3-9-23(18)17-24-14-12-20(13-15-24)22-11-10-19-7-4-5-8-21(19)16-22/h2-16H,17H2,1H3/q+1. The van der Waals surface area contributed by atoms with Crippen molar-refractivity contribution in [3.05, 3.63) is 102 Å². The number of hydrogen-bond donors (Lipinski definition) is 0. The Kier molecular flexibility index (Phi) is 3.84. The zero-order chi connectivity index (χ0) is 16.4. The van der Waals surface area contributed by atoms with Gasteiger partial charge in [0.2, 0.25) is 0 Å². The van der Waals surface area contributed by atoms with Crippen LogP contribution in [0.4, 0.5) is 0 Å². The van der Waals surface area contributed by atoms with Gasteiger partial charge in [-0.05, 0) is 40.5 Å². The number of nitrogens with zero attached hydrogens (tertiary/aromatic N) is 1. The second-order valence-electron chi connectivity index (χ2n) is 6.25. The van der Waals surface area contributed by atoms with Crippen molar-refractivity contribution in [3.8, 4) is 11.1 Å². The van der Waals surface area contributed by atoms with Gasteiger partial charge >= 0.3 is 0 Å². The highest BCUT2D eigenvalue weighted by atomic mass is 14.9. The molecule has 0 aliphatic heterocycles. The van der Waals surface area contributed by atoms with Gasteiger partial charge in [-0.1, -0.05) is 60.7 Å². The van der Waals surface area contributed by atoms with E-state index in [1.165, 1.54) is 33.0 Å². The molecule has 24 heavy (non-hydrogen) atoms. The molecule has 1 heteroatoms. The monoisotopic (exact) mass is 310 g/mol. The van der Waals surface area contributed by atoms with Gasteiger partial charge in [-0.3, -0.25) is 0 Å². The molecule has 116 valence electrons.